The van der Waals surface area contributed by atoms with E-state index in [4.69, 9.17) is 34.8 Å². The Morgan fingerprint density at radius 1 is 1.05 bits per heavy atom. The minimum atomic E-state index is -1.65. The van der Waals surface area contributed by atoms with Crippen LogP contribution in [0.4, 0.5) is 0 Å². The van der Waals surface area contributed by atoms with Gasteiger partial charge in [-0.3, -0.25) is 0 Å². The van der Waals surface area contributed by atoms with Crippen molar-refractivity contribution in [2.75, 3.05) is 0 Å². The van der Waals surface area contributed by atoms with Crippen LogP contribution in [0.25, 0.3) is 21.9 Å². The molecule has 3 aromatic rings. The fraction of sp³-hybridized carbons (Fsp3) is 0.133. The lowest BCUT2D eigenvalue weighted by atomic mass is 9.98. The number of halogens is 3. The van der Waals surface area contributed by atoms with E-state index in [2.05, 4.69) is 21.5 Å². The Bertz CT molecular complexity index is 813. The summed E-state index contributed by atoms with van der Waals surface area (Å²) in [6, 6.07) is 12.2. The van der Waals surface area contributed by atoms with E-state index in [0.717, 1.165) is 16.5 Å². The van der Waals surface area contributed by atoms with Crippen LogP contribution in [0.15, 0.2) is 42.6 Å². The molecule has 1 heterocycles. The molecule has 2 aromatic carbocycles. The molecule has 0 aliphatic carbocycles. The molecule has 106 valence electrons. The summed E-state index contributed by atoms with van der Waals surface area (Å²) in [7, 11) is 0. The Balaban J connectivity index is 2.27. The van der Waals surface area contributed by atoms with Crippen molar-refractivity contribution in [3.05, 3.63) is 53.9 Å². The molecule has 0 atom stereocenters. The average Bonchev–Trinajstić information content (AvgIpc) is 2.46. The molecule has 21 heavy (non-hydrogen) atoms. The van der Waals surface area contributed by atoms with Crippen molar-refractivity contribution in [3.8, 4) is 11.1 Å². The monoisotopic (exact) mass is 337 g/mol. The molecule has 0 amide bonds. The van der Waals surface area contributed by atoms with Crippen LogP contribution >= 0.6 is 34.8 Å². The lowest BCUT2D eigenvalue weighted by Crippen LogP contribution is -2.08. The van der Waals surface area contributed by atoms with Crippen molar-refractivity contribution in [2.45, 2.75) is 10.7 Å². The summed E-state index contributed by atoms with van der Waals surface area (Å²) in [4.78, 5) is 0. The van der Waals surface area contributed by atoms with Crippen LogP contribution in [-0.4, -0.2) is 15.4 Å². The number of alkyl halides is 3. The molecule has 3 rings (SSSR count). The van der Waals surface area contributed by atoms with Crippen molar-refractivity contribution in [1.82, 2.24) is 15.4 Å². The molecule has 0 radical (unpaired) electrons. The number of hydrogen-bond acceptors (Lipinski definition) is 3. The average molecular weight is 339 g/mol. The Kier molecular flexibility index (Phi) is 3.74. The van der Waals surface area contributed by atoms with Crippen molar-refractivity contribution in [2.24, 2.45) is 0 Å². The third kappa shape index (κ3) is 2.82. The van der Waals surface area contributed by atoms with Crippen molar-refractivity contribution < 1.29 is 0 Å². The maximum atomic E-state index is 5.97. The number of fused-ring (bicyclic) bond motifs is 1. The first-order chi connectivity index (χ1) is 9.97. The van der Waals surface area contributed by atoms with Gasteiger partial charge in [0, 0.05) is 5.56 Å². The molecule has 1 aromatic heterocycles. The first-order valence-electron chi connectivity index (χ1n) is 6.22. The van der Waals surface area contributed by atoms with E-state index in [1.165, 1.54) is 5.39 Å². The van der Waals surface area contributed by atoms with E-state index in [9.17, 15) is 0 Å². The highest BCUT2D eigenvalue weighted by molar-refractivity contribution is 6.66. The molecule has 0 aliphatic heterocycles. The van der Waals surface area contributed by atoms with E-state index >= 15 is 0 Å². The van der Waals surface area contributed by atoms with Gasteiger partial charge in [-0.1, -0.05) is 65.1 Å². The molecular formula is C15H10Cl3N3. The number of aryl methyl sites for hydroxylation is 1. The number of aromatic nitrogens is 3. The summed E-state index contributed by atoms with van der Waals surface area (Å²) in [5.41, 5.74) is 2.97. The van der Waals surface area contributed by atoms with Crippen LogP contribution in [0, 0.1) is 6.92 Å². The normalized spacial score (nSPS) is 11.8. The van der Waals surface area contributed by atoms with Crippen LogP contribution in [0.2, 0.25) is 0 Å². The minimum Gasteiger partial charge on any atom is -0.138 e. The summed E-state index contributed by atoms with van der Waals surface area (Å²) in [6.07, 6.45) is 1.56. The summed E-state index contributed by atoms with van der Waals surface area (Å²) in [5, 5.41) is 13.6. The van der Waals surface area contributed by atoms with Crippen molar-refractivity contribution in [1.29, 1.82) is 0 Å². The van der Waals surface area contributed by atoms with E-state index in [1.54, 1.807) is 6.20 Å². The van der Waals surface area contributed by atoms with Crippen LogP contribution in [0.3, 0.4) is 0 Å². The second-order valence-electron chi connectivity index (χ2n) is 4.71. The lowest BCUT2D eigenvalue weighted by Gasteiger charge is -2.14. The Labute approximate surface area is 136 Å². The molecule has 0 N–H and O–H groups in total. The van der Waals surface area contributed by atoms with Crippen LogP contribution in [0.5, 0.6) is 0 Å². The van der Waals surface area contributed by atoms with E-state index in [-0.39, 0.29) is 5.69 Å². The smallest absolute Gasteiger partial charge is 0.138 e. The van der Waals surface area contributed by atoms with Gasteiger partial charge >= 0.3 is 0 Å². The maximum absolute atomic E-state index is 5.97. The molecule has 0 fully saturated rings. The molecule has 0 unspecified atom stereocenters. The van der Waals surface area contributed by atoms with Gasteiger partial charge in [-0.05, 0) is 40.1 Å². The third-order valence-electron chi connectivity index (χ3n) is 3.29. The first-order valence-corrected chi connectivity index (χ1v) is 7.35. The summed E-state index contributed by atoms with van der Waals surface area (Å²) < 4.78 is -1.65. The Morgan fingerprint density at radius 3 is 2.57 bits per heavy atom. The number of benzene rings is 2. The summed E-state index contributed by atoms with van der Waals surface area (Å²) in [5.74, 6) is 0. The zero-order valence-electron chi connectivity index (χ0n) is 11.0. The topological polar surface area (TPSA) is 38.7 Å². The highest BCUT2D eigenvalue weighted by Crippen LogP contribution is 2.41. The van der Waals surface area contributed by atoms with Crippen LogP contribution < -0.4 is 0 Å². The van der Waals surface area contributed by atoms with E-state index in [0.29, 0.717) is 5.56 Å². The second-order valence-corrected chi connectivity index (χ2v) is 6.99. The Hall–Kier alpha value is -1.42. The second kappa shape index (κ2) is 5.41. The highest BCUT2D eigenvalue weighted by Gasteiger charge is 2.29. The molecular weight excluding hydrogens is 329 g/mol. The quantitative estimate of drug-likeness (QED) is 0.597. The summed E-state index contributed by atoms with van der Waals surface area (Å²) >= 11 is 17.9. The molecule has 0 aliphatic rings. The van der Waals surface area contributed by atoms with Gasteiger partial charge < -0.3 is 0 Å². The third-order valence-corrected chi connectivity index (χ3v) is 3.82. The van der Waals surface area contributed by atoms with Crippen molar-refractivity contribution >= 4 is 45.6 Å². The molecule has 0 bridgehead atoms. The standard InChI is InChI=1S/C15H10Cl3N3/c1-9-6-11(7-10-4-2-3-5-12(9)10)13-8-19-21-20-14(13)15(16,17)18/h2-8H,1H3. The zero-order valence-corrected chi connectivity index (χ0v) is 13.3. The van der Waals surface area contributed by atoms with E-state index in [1.807, 2.05) is 37.3 Å². The van der Waals surface area contributed by atoms with Gasteiger partial charge in [0.25, 0.3) is 0 Å². The van der Waals surface area contributed by atoms with Gasteiger partial charge in [0.1, 0.15) is 5.69 Å². The Morgan fingerprint density at radius 2 is 1.81 bits per heavy atom. The SMILES string of the molecule is Cc1cc(-c2cnnnc2C(Cl)(Cl)Cl)cc2ccccc12. The number of hydrogen-bond donors (Lipinski definition) is 0. The maximum Gasteiger partial charge on any atom is 0.235 e. The van der Waals surface area contributed by atoms with Gasteiger partial charge in [-0.15, -0.1) is 10.2 Å². The van der Waals surface area contributed by atoms with Gasteiger partial charge in [0.2, 0.25) is 3.79 Å². The van der Waals surface area contributed by atoms with Crippen molar-refractivity contribution in [3.63, 3.8) is 0 Å². The number of rotatable bonds is 1. The lowest BCUT2D eigenvalue weighted by molar-refractivity contribution is 0.822. The van der Waals surface area contributed by atoms with Crippen LogP contribution in [0.1, 0.15) is 11.3 Å². The highest BCUT2D eigenvalue weighted by atomic mass is 35.6. The molecule has 0 spiro atoms. The molecule has 0 saturated heterocycles. The van der Waals surface area contributed by atoms with Crippen LogP contribution in [-0.2, 0) is 3.79 Å². The number of nitrogens with zero attached hydrogens (tertiary/aromatic N) is 3. The largest absolute Gasteiger partial charge is 0.235 e. The first kappa shape index (κ1) is 14.5. The van der Waals surface area contributed by atoms with E-state index < -0.39 is 3.79 Å². The van der Waals surface area contributed by atoms with Gasteiger partial charge in [-0.25, -0.2) is 0 Å². The predicted molar refractivity (Wildman–Crippen MR) is 86.7 cm³/mol. The van der Waals surface area contributed by atoms with Gasteiger partial charge in [-0.2, -0.15) is 0 Å². The fourth-order valence-electron chi connectivity index (χ4n) is 2.35. The zero-order chi connectivity index (χ0) is 15.0. The predicted octanol–water partition coefficient (Wildman–Crippen LogP) is 4.83. The summed E-state index contributed by atoms with van der Waals surface area (Å²) in [6.45, 7) is 2.04. The van der Waals surface area contributed by atoms with Gasteiger partial charge in [0.15, 0.2) is 0 Å². The molecule has 3 nitrogen and oxygen atoms in total. The minimum absolute atomic E-state index is 0.275. The fourth-order valence-corrected chi connectivity index (χ4v) is 2.77. The molecule has 6 heteroatoms. The van der Waals surface area contributed by atoms with Gasteiger partial charge in [0.05, 0.1) is 6.20 Å². The molecule has 0 saturated carbocycles.